The van der Waals surface area contributed by atoms with Crippen molar-refractivity contribution in [3.8, 4) is 0 Å². The first-order chi connectivity index (χ1) is 10.4. The van der Waals surface area contributed by atoms with Crippen LogP contribution in [0.3, 0.4) is 0 Å². The lowest BCUT2D eigenvalue weighted by molar-refractivity contribution is -0.404. The van der Waals surface area contributed by atoms with Gasteiger partial charge in [-0.15, -0.1) is 0 Å². The summed E-state index contributed by atoms with van der Waals surface area (Å²) in [7, 11) is 0. The minimum Gasteiger partial charge on any atom is -0.481 e. The molecule has 0 aliphatic rings. The number of hydrogen-bond acceptors (Lipinski definition) is 5. The smallest absolute Gasteiger partial charge is 0.334 e. The van der Waals surface area contributed by atoms with E-state index in [0.717, 1.165) is 12.8 Å². The van der Waals surface area contributed by atoms with E-state index in [4.69, 9.17) is 19.6 Å². The molecule has 134 valence electrons. The Balaban J connectivity index is 4.65. The molecule has 0 heterocycles. The van der Waals surface area contributed by atoms with Crippen LogP contribution >= 0.6 is 0 Å². The van der Waals surface area contributed by atoms with Gasteiger partial charge in [-0.25, -0.2) is 14.6 Å². The SMILES string of the molecule is C=C(CC(=O)O)C(=O)OC(C)CC(C)(CCC)OOC(C)(C)C. The molecule has 23 heavy (non-hydrogen) atoms. The van der Waals surface area contributed by atoms with Gasteiger partial charge in [0.1, 0.15) is 11.7 Å². The molecule has 0 rings (SSSR count). The van der Waals surface area contributed by atoms with Gasteiger partial charge in [0.15, 0.2) is 0 Å². The lowest BCUT2D eigenvalue weighted by Crippen LogP contribution is -2.37. The first-order valence-electron chi connectivity index (χ1n) is 7.86. The molecule has 1 N–H and O–H groups in total. The summed E-state index contributed by atoms with van der Waals surface area (Å²) in [4.78, 5) is 33.4. The van der Waals surface area contributed by atoms with Crippen LogP contribution in [0.5, 0.6) is 0 Å². The lowest BCUT2D eigenvalue weighted by Gasteiger charge is -2.33. The summed E-state index contributed by atoms with van der Waals surface area (Å²) >= 11 is 0. The van der Waals surface area contributed by atoms with Crippen LogP contribution in [-0.2, 0) is 24.1 Å². The topological polar surface area (TPSA) is 82.1 Å². The lowest BCUT2D eigenvalue weighted by atomic mass is 9.94. The molecule has 0 radical (unpaired) electrons. The predicted octanol–water partition coefficient (Wildman–Crippen LogP) is 3.64. The van der Waals surface area contributed by atoms with E-state index < -0.39 is 35.7 Å². The van der Waals surface area contributed by atoms with Crippen molar-refractivity contribution in [2.75, 3.05) is 0 Å². The highest BCUT2D eigenvalue weighted by Gasteiger charge is 2.32. The van der Waals surface area contributed by atoms with E-state index >= 15 is 0 Å². The van der Waals surface area contributed by atoms with Crippen LogP contribution < -0.4 is 0 Å². The van der Waals surface area contributed by atoms with Gasteiger partial charge in [-0.05, 0) is 41.0 Å². The van der Waals surface area contributed by atoms with Gasteiger partial charge >= 0.3 is 11.9 Å². The van der Waals surface area contributed by atoms with Crippen LogP contribution in [0.15, 0.2) is 12.2 Å². The van der Waals surface area contributed by atoms with E-state index in [0.29, 0.717) is 6.42 Å². The number of esters is 1. The number of carboxylic acid groups (broad SMARTS) is 1. The number of carbonyl (C=O) groups is 2. The zero-order valence-electron chi connectivity index (χ0n) is 15.1. The maximum atomic E-state index is 11.8. The molecule has 0 saturated heterocycles. The monoisotopic (exact) mass is 330 g/mol. The van der Waals surface area contributed by atoms with Gasteiger partial charge in [0.25, 0.3) is 0 Å². The third-order valence-corrected chi connectivity index (χ3v) is 2.95. The van der Waals surface area contributed by atoms with E-state index in [2.05, 4.69) is 6.58 Å². The average molecular weight is 330 g/mol. The van der Waals surface area contributed by atoms with Crippen LogP contribution in [0.4, 0.5) is 0 Å². The Labute approximate surface area is 138 Å². The molecule has 0 aliphatic heterocycles. The predicted molar refractivity (Wildman–Crippen MR) is 86.8 cm³/mol. The number of aliphatic carboxylic acids is 1. The highest BCUT2D eigenvalue weighted by Crippen LogP contribution is 2.27. The fourth-order valence-electron chi connectivity index (χ4n) is 2.10. The van der Waals surface area contributed by atoms with Crippen molar-refractivity contribution in [1.29, 1.82) is 0 Å². The quantitative estimate of drug-likeness (QED) is 0.285. The van der Waals surface area contributed by atoms with E-state index in [1.54, 1.807) is 6.92 Å². The normalized spacial score (nSPS) is 15.6. The zero-order chi connectivity index (χ0) is 18.3. The van der Waals surface area contributed by atoms with E-state index in [1.807, 2.05) is 34.6 Å². The Morgan fingerprint density at radius 2 is 1.74 bits per heavy atom. The van der Waals surface area contributed by atoms with Crippen molar-refractivity contribution < 1.29 is 29.2 Å². The van der Waals surface area contributed by atoms with Crippen molar-refractivity contribution in [3.63, 3.8) is 0 Å². The molecule has 0 aliphatic carbocycles. The largest absolute Gasteiger partial charge is 0.481 e. The Morgan fingerprint density at radius 1 is 1.17 bits per heavy atom. The summed E-state index contributed by atoms with van der Waals surface area (Å²) in [6.45, 7) is 14.8. The summed E-state index contributed by atoms with van der Waals surface area (Å²) in [6, 6.07) is 0. The van der Waals surface area contributed by atoms with Gasteiger partial charge in [-0.2, -0.15) is 0 Å². The molecule has 6 nitrogen and oxygen atoms in total. The molecule has 0 spiro atoms. The van der Waals surface area contributed by atoms with Gasteiger partial charge < -0.3 is 9.84 Å². The molecule has 0 bridgehead atoms. The molecular weight excluding hydrogens is 300 g/mol. The van der Waals surface area contributed by atoms with Crippen LogP contribution in [0, 0.1) is 0 Å². The van der Waals surface area contributed by atoms with Gasteiger partial charge in [-0.3, -0.25) is 4.79 Å². The Hall–Kier alpha value is -1.40. The fraction of sp³-hybridized carbons (Fsp3) is 0.765. The van der Waals surface area contributed by atoms with Crippen molar-refractivity contribution in [3.05, 3.63) is 12.2 Å². The number of carbonyl (C=O) groups excluding carboxylic acids is 1. The number of hydrogen-bond donors (Lipinski definition) is 1. The van der Waals surface area contributed by atoms with Crippen LogP contribution in [0.2, 0.25) is 0 Å². The Kier molecular flexibility index (Phi) is 8.48. The highest BCUT2D eigenvalue weighted by atomic mass is 17.2. The summed E-state index contributed by atoms with van der Waals surface area (Å²) in [5.74, 6) is -1.81. The van der Waals surface area contributed by atoms with E-state index in [-0.39, 0.29) is 5.57 Å². The second-order valence-electron chi connectivity index (χ2n) is 7.07. The molecule has 0 fully saturated rings. The molecule has 0 saturated carbocycles. The van der Waals surface area contributed by atoms with Gasteiger partial charge in [-0.1, -0.05) is 19.9 Å². The maximum Gasteiger partial charge on any atom is 0.334 e. The molecule has 0 aromatic heterocycles. The summed E-state index contributed by atoms with van der Waals surface area (Å²) in [5.41, 5.74) is -1.12. The first kappa shape index (κ1) is 21.6. The molecule has 2 atom stereocenters. The van der Waals surface area contributed by atoms with Crippen molar-refractivity contribution in [1.82, 2.24) is 0 Å². The van der Waals surface area contributed by atoms with Gasteiger partial charge in [0.05, 0.1) is 12.0 Å². The van der Waals surface area contributed by atoms with E-state index in [9.17, 15) is 9.59 Å². The third-order valence-electron chi connectivity index (χ3n) is 2.95. The molecule has 2 unspecified atom stereocenters. The van der Waals surface area contributed by atoms with Crippen molar-refractivity contribution in [2.45, 2.75) is 84.5 Å². The zero-order valence-corrected chi connectivity index (χ0v) is 15.1. The second-order valence-corrected chi connectivity index (χ2v) is 7.07. The highest BCUT2D eigenvalue weighted by molar-refractivity contribution is 5.92. The minimum atomic E-state index is -1.11. The number of rotatable bonds is 10. The molecular formula is C17H30O6. The first-order valence-corrected chi connectivity index (χ1v) is 7.86. The Morgan fingerprint density at radius 3 is 2.17 bits per heavy atom. The van der Waals surface area contributed by atoms with E-state index in [1.165, 1.54) is 0 Å². The molecule has 0 aromatic rings. The molecule has 0 amide bonds. The van der Waals surface area contributed by atoms with Crippen molar-refractivity contribution in [2.24, 2.45) is 0 Å². The average Bonchev–Trinajstić information content (AvgIpc) is 2.34. The van der Waals surface area contributed by atoms with Gasteiger partial charge in [0.2, 0.25) is 0 Å². The number of carboxylic acids is 1. The van der Waals surface area contributed by atoms with Crippen LogP contribution in [0.25, 0.3) is 0 Å². The maximum absolute atomic E-state index is 11.8. The fourth-order valence-corrected chi connectivity index (χ4v) is 2.10. The van der Waals surface area contributed by atoms with Gasteiger partial charge in [0, 0.05) is 12.0 Å². The summed E-state index contributed by atoms with van der Waals surface area (Å²) in [6.07, 6.45) is 1.18. The second kappa shape index (κ2) is 9.03. The van der Waals surface area contributed by atoms with Crippen LogP contribution in [-0.4, -0.2) is 34.4 Å². The molecule has 0 aromatic carbocycles. The van der Waals surface area contributed by atoms with Crippen molar-refractivity contribution >= 4 is 11.9 Å². The third kappa shape index (κ3) is 10.1. The van der Waals surface area contributed by atoms with Crippen LogP contribution in [0.1, 0.15) is 67.2 Å². The standard InChI is InChI=1S/C17H30O6/c1-8-9-17(7,23-22-16(4,5)6)11-13(3)21-15(20)12(2)10-14(18)19/h13H,2,8-11H2,1,3-7H3,(H,18,19). The summed E-state index contributed by atoms with van der Waals surface area (Å²) in [5, 5.41) is 8.66. The number of ether oxygens (including phenoxy) is 1. The summed E-state index contributed by atoms with van der Waals surface area (Å²) < 4.78 is 5.25. The minimum absolute atomic E-state index is 0.0756. The Bertz CT molecular complexity index is 423. The molecule has 6 heteroatoms.